The highest BCUT2D eigenvalue weighted by molar-refractivity contribution is 6.35. The van der Waals surface area contributed by atoms with E-state index in [0.717, 1.165) is 72.1 Å². The topological polar surface area (TPSA) is 134 Å². The molecule has 0 aliphatic heterocycles. The Balaban J connectivity index is 0.000000167. The minimum Gasteiger partial charge on any atom is -0.472 e. The summed E-state index contributed by atoms with van der Waals surface area (Å²) < 4.78 is 11.9. The van der Waals surface area contributed by atoms with Gasteiger partial charge in [-0.2, -0.15) is 0 Å². The average molecular weight is 958 g/mol. The van der Waals surface area contributed by atoms with Gasteiger partial charge in [-0.15, -0.1) is 20.4 Å². The number of hydrogen-bond acceptors (Lipinski definition) is 10. The van der Waals surface area contributed by atoms with Crippen LogP contribution in [0.5, 0.6) is 11.8 Å². The third-order valence-corrected chi connectivity index (χ3v) is 11.2. The monoisotopic (exact) mass is 956 g/mol. The molecule has 0 aliphatic carbocycles. The maximum absolute atomic E-state index is 6.48. The third kappa shape index (κ3) is 13.0. The van der Waals surface area contributed by atoms with Gasteiger partial charge in [-0.25, -0.2) is 9.97 Å². The van der Waals surface area contributed by atoms with Crippen molar-refractivity contribution in [2.75, 3.05) is 5.32 Å². The van der Waals surface area contributed by atoms with Crippen molar-refractivity contribution >= 4 is 39.0 Å². The number of rotatable bonds is 10. The van der Waals surface area contributed by atoms with Crippen LogP contribution in [0.1, 0.15) is 52.7 Å². The highest BCUT2D eigenvalue weighted by atomic mass is 35.5. The van der Waals surface area contributed by atoms with Crippen LogP contribution < -0.4 is 20.5 Å². The van der Waals surface area contributed by atoms with Gasteiger partial charge in [0.15, 0.2) is 11.0 Å². The van der Waals surface area contributed by atoms with E-state index in [1.54, 1.807) is 12.4 Å². The number of hydrogen-bond donors (Lipinski definition) is 2. The van der Waals surface area contributed by atoms with Crippen LogP contribution in [0.4, 0.5) is 5.82 Å². The lowest BCUT2D eigenvalue weighted by Gasteiger charge is -2.20. The first kappa shape index (κ1) is 49.4. The molecule has 10 nitrogen and oxygen atoms in total. The second kappa shape index (κ2) is 22.6. The average Bonchev–Trinajstić information content (AvgIpc) is 3.38. The molecule has 10 rings (SSSR count). The smallest absolute Gasteiger partial charge is 0.214 e. The number of benzene rings is 6. The Morgan fingerprint density at radius 1 is 0.465 bits per heavy atom. The van der Waals surface area contributed by atoms with E-state index in [9.17, 15) is 0 Å². The molecule has 0 spiro atoms. The molecule has 0 fully saturated rings. The zero-order valence-corrected chi connectivity index (χ0v) is 41.6. The number of fused-ring (bicyclic) bond motifs is 2. The van der Waals surface area contributed by atoms with Crippen molar-refractivity contribution < 1.29 is 9.47 Å². The second-order valence-corrected chi connectivity index (χ2v) is 19.0. The molecule has 356 valence electrons. The number of ether oxygens (including phenoxy) is 2. The summed E-state index contributed by atoms with van der Waals surface area (Å²) in [5.74, 6) is 1.87. The van der Waals surface area contributed by atoms with Gasteiger partial charge in [0.1, 0.15) is 22.6 Å². The highest BCUT2D eigenvalue weighted by Gasteiger charge is 2.20. The number of pyridine rings is 2. The number of aromatic nitrogens is 6. The molecule has 0 saturated carbocycles. The molecule has 0 bridgehead atoms. The summed E-state index contributed by atoms with van der Waals surface area (Å²) >= 11 is 6.48. The van der Waals surface area contributed by atoms with E-state index < -0.39 is 0 Å². The Morgan fingerprint density at radius 3 is 1.37 bits per heavy atom. The molecule has 0 saturated heterocycles. The molecule has 0 aliphatic rings. The van der Waals surface area contributed by atoms with Crippen LogP contribution in [0.15, 0.2) is 194 Å². The van der Waals surface area contributed by atoms with Crippen LogP contribution in [0, 0.1) is 0 Å². The van der Waals surface area contributed by atoms with Crippen molar-refractivity contribution in [3.63, 3.8) is 0 Å². The fourth-order valence-electron chi connectivity index (χ4n) is 7.89. The van der Waals surface area contributed by atoms with Gasteiger partial charge in [0, 0.05) is 70.3 Å². The Bertz CT molecular complexity index is 3330. The standard InChI is InChI=1S/C30H28N4O.C23H20ClN3O.C7H9N/c1-30(2,3)35-26-19-23(17-18-31-26)28-25-16-10-15-24(22-13-8-5-9-14-22)27(25)29(34-33-28)32-20-21-11-6-4-7-12-21;1-23(2,3)28-19-14-16(12-13-25-19)21-18-11-7-10-17(15-8-5-4-6-9-15)20(18)22(24)27-26-21;8-6-7-4-2-1-3-5-7/h4-19H,20H2,1-3H3,(H,32,34);4-14H,1-3H3;1-5H,6,8H2. The Labute approximate surface area is 421 Å². The molecule has 4 aromatic heterocycles. The molecule has 0 amide bonds. The van der Waals surface area contributed by atoms with E-state index in [1.165, 1.54) is 11.1 Å². The fourth-order valence-corrected chi connectivity index (χ4v) is 8.13. The van der Waals surface area contributed by atoms with E-state index >= 15 is 0 Å². The van der Waals surface area contributed by atoms with Crippen LogP contribution in [0.2, 0.25) is 5.15 Å². The lowest BCUT2D eigenvalue weighted by atomic mass is 9.96. The van der Waals surface area contributed by atoms with E-state index in [-0.39, 0.29) is 11.2 Å². The normalized spacial score (nSPS) is 11.2. The molecule has 10 aromatic rings. The first-order valence-corrected chi connectivity index (χ1v) is 23.9. The van der Waals surface area contributed by atoms with Crippen molar-refractivity contribution in [2.45, 2.75) is 65.8 Å². The first-order valence-electron chi connectivity index (χ1n) is 23.5. The van der Waals surface area contributed by atoms with Crippen molar-refractivity contribution in [1.82, 2.24) is 30.4 Å². The summed E-state index contributed by atoms with van der Waals surface area (Å²) in [5, 5.41) is 25.7. The molecule has 0 atom stereocenters. The largest absolute Gasteiger partial charge is 0.472 e. The molecular weight excluding hydrogens is 900 g/mol. The summed E-state index contributed by atoms with van der Waals surface area (Å²) in [6.07, 6.45) is 3.48. The van der Waals surface area contributed by atoms with E-state index in [0.29, 0.717) is 30.0 Å². The molecule has 3 N–H and O–H groups in total. The Morgan fingerprint density at radius 2 is 0.901 bits per heavy atom. The summed E-state index contributed by atoms with van der Waals surface area (Å²) in [6, 6.07) is 60.9. The zero-order chi connectivity index (χ0) is 49.8. The van der Waals surface area contributed by atoms with Gasteiger partial charge >= 0.3 is 0 Å². The number of halogens is 1. The molecule has 0 unspecified atom stereocenters. The molecule has 6 aromatic carbocycles. The maximum Gasteiger partial charge on any atom is 0.214 e. The lowest BCUT2D eigenvalue weighted by molar-refractivity contribution is 0.123. The molecule has 0 radical (unpaired) electrons. The molecule has 11 heteroatoms. The van der Waals surface area contributed by atoms with E-state index in [4.69, 9.17) is 26.8 Å². The van der Waals surface area contributed by atoms with Gasteiger partial charge in [-0.3, -0.25) is 0 Å². The predicted octanol–water partition coefficient (Wildman–Crippen LogP) is 14.5. The van der Waals surface area contributed by atoms with Crippen molar-refractivity contribution in [3.05, 3.63) is 211 Å². The summed E-state index contributed by atoms with van der Waals surface area (Å²) in [7, 11) is 0. The van der Waals surface area contributed by atoms with Crippen molar-refractivity contribution in [3.8, 4) is 56.5 Å². The second-order valence-electron chi connectivity index (χ2n) is 18.6. The number of anilines is 1. The van der Waals surface area contributed by atoms with Crippen LogP contribution in [0.25, 0.3) is 66.3 Å². The van der Waals surface area contributed by atoms with Crippen LogP contribution >= 0.6 is 11.6 Å². The summed E-state index contributed by atoms with van der Waals surface area (Å²) in [6.45, 7) is 13.3. The Kier molecular flexibility index (Phi) is 15.7. The predicted molar refractivity (Wildman–Crippen MR) is 290 cm³/mol. The Hall–Kier alpha value is -8.05. The minimum absolute atomic E-state index is 0.333. The van der Waals surface area contributed by atoms with Gasteiger partial charge in [0.05, 0.1) is 0 Å². The quantitative estimate of drug-likeness (QED) is 0.136. The van der Waals surface area contributed by atoms with Gasteiger partial charge in [-0.05, 0) is 87.1 Å². The minimum atomic E-state index is -0.342. The van der Waals surface area contributed by atoms with Gasteiger partial charge in [0.2, 0.25) is 11.8 Å². The van der Waals surface area contributed by atoms with Crippen LogP contribution in [0.3, 0.4) is 0 Å². The number of nitrogens with zero attached hydrogens (tertiary/aromatic N) is 6. The van der Waals surface area contributed by atoms with Gasteiger partial charge in [-0.1, -0.05) is 169 Å². The SMILES string of the molecule is CC(C)(C)Oc1cc(-c2nnc(Cl)c3c(-c4ccccc4)cccc23)ccn1.CC(C)(C)Oc1cc(-c2nnc(NCc3ccccc3)c3c(-c4ccccc4)cccc23)ccn1.NCc1ccccc1. The molecule has 71 heavy (non-hydrogen) atoms. The molecular formula is C60H57ClN8O2. The zero-order valence-electron chi connectivity index (χ0n) is 40.8. The number of nitrogens with one attached hydrogen (secondary N) is 1. The lowest BCUT2D eigenvalue weighted by Crippen LogP contribution is -2.23. The van der Waals surface area contributed by atoms with Gasteiger partial charge < -0.3 is 20.5 Å². The third-order valence-electron chi connectivity index (χ3n) is 11.0. The van der Waals surface area contributed by atoms with Gasteiger partial charge in [0.25, 0.3) is 0 Å². The van der Waals surface area contributed by atoms with Crippen LogP contribution in [-0.2, 0) is 13.1 Å². The fraction of sp³-hybridized carbons (Fsp3) is 0.167. The van der Waals surface area contributed by atoms with E-state index in [2.05, 4.69) is 108 Å². The summed E-state index contributed by atoms with van der Waals surface area (Å²) in [5.41, 5.74) is 14.7. The van der Waals surface area contributed by atoms with Crippen molar-refractivity contribution in [2.24, 2.45) is 5.73 Å². The number of nitrogens with two attached hydrogens (primary N) is 1. The molecule has 4 heterocycles. The van der Waals surface area contributed by atoms with Crippen LogP contribution in [-0.4, -0.2) is 41.6 Å². The highest BCUT2D eigenvalue weighted by Crippen LogP contribution is 2.39. The van der Waals surface area contributed by atoms with Crippen molar-refractivity contribution in [1.29, 1.82) is 0 Å². The first-order chi connectivity index (χ1) is 34.3. The summed E-state index contributed by atoms with van der Waals surface area (Å²) in [4.78, 5) is 8.71. The maximum atomic E-state index is 6.48. The van der Waals surface area contributed by atoms with E-state index in [1.807, 2.05) is 151 Å².